The molecule has 0 unspecified atom stereocenters. The van der Waals surface area contributed by atoms with Crippen LogP contribution in [0.15, 0.2) is 103 Å². The SMILES string of the molecule is CCCCCCCCOc1c2c(cc3c1C1c4ccccc4C3c3ccccc31)C1c3ccccc3C2c2ccccc21. The van der Waals surface area contributed by atoms with Gasteiger partial charge in [-0.2, -0.15) is 0 Å². The van der Waals surface area contributed by atoms with Crippen LogP contribution in [0.1, 0.15) is 136 Å². The molecule has 0 saturated carbocycles. The van der Waals surface area contributed by atoms with Gasteiger partial charge in [0, 0.05) is 34.8 Å². The van der Waals surface area contributed by atoms with Gasteiger partial charge in [0.1, 0.15) is 5.75 Å². The van der Waals surface area contributed by atoms with Crippen LogP contribution in [0.2, 0.25) is 0 Å². The maximum Gasteiger partial charge on any atom is 0.128 e. The fraction of sp³-hybridized carbons (Fsp3) is 0.286. The molecule has 43 heavy (non-hydrogen) atoms. The Balaban J connectivity index is 1.26. The maximum absolute atomic E-state index is 7.17. The van der Waals surface area contributed by atoms with Gasteiger partial charge in [0.15, 0.2) is 0 Å². The number of benzene rings is 5. The van der Waals surface area contributed by atoms with Crippen LogP contribution in [0.3, 0.4) is 0 Å². The molecule has 11 rings (SSSR count). The first kappa shape index (κ1) is 25.4. The maximum atomic E-state index is 7.17. The summed E-state index contributed by atoms with van der Waals surface area (Å²) in [6.45, 7) is 3.08. The van der Waals surface area contributed by atoms with Crippen molar-refractivity contribution in [2.75, 3.05) is 6.61 Å². The molecule has 6 aliphatic rings. The lowest BCUT2D eigenvalue weighted by molar-refractivity contribution is 0.295. The topological polar surface area (TPSA) is 9.23 Å². The predicted octanol–water partition coefficient (Wildman–Crippen LogP) is 10.4. The molecule has 0 N–H and O–H groups in total. The van der Waals surface area contributed by atoms with Crippen LogP contribution in [-0.4, -0.2) is 6.61 Å². The smallest absolute Gasteiger partial charge is 0.128 e. The van der Waals surface area contributed by atoms with E-state index in [0.717, 1.165) is 13.0 Å². The van der Waals surface area contributed by atoms with Crippen molar-refractivity contribution in [3.05, 3.63) is 170 Å². The van der Waals surface area contributed by atoms with Crippen LogP contribution in [0, 0.1) is 0 Å². The zero-order valence-corrected chi connectivity index (χ0v) is 25.0. The number of rotatable bonds is 8. The summed E-state index contributed by atoms with van der Waals surface area (Å²) in [5.41, 5.74) is 17.6. The van der Waals surface area contributed by atoms with Crippen molar-refractivity contribution in [1.82, 2.24) is 0 Å². The Labute approximate surface area is 255 Å². The Morgan fingerprint density at radius 2 is 0.767 bits per heavy atom. The molecule has 0 atom stereocenters. The number of hydrogen-bond acceptors (Lipinski definition) is 1. The van der Waals surface area contributed by atoms with Crippen molar-refractivity contribution in [3.8, 4) is 5.75 Å². The van der Waals surface area contributed by atoms with Crippen LogP contribution < -0.4 is 4.74 Å². The Morgan fingerprint density at radius 3 is 1.16 bits per heavy atom. The van der Waals surface area contributed by atoms with Crippen LogP contribution in [0.25, 0.3) is 0 Å². The molecule has 0 heterocycles. The summed E-state index contributed by atoms with van der Waals surface area (Å²) in [6.07, 6.45) is 7.62. The van der Waals surface area contributed by atoms with Crippen molar-refractivity contribution < 1.29 is 4.74 Å². The van der Waals surface area contributed by atoms with E-state index in [9.17, 15) is 0 Å². The van der Waals surface area contributed by atoms with E-state index < -0.39 is 0 Å². The molecule has 0 spiro atoms. The zero-order valence-electron chi connectivity index (χ0n) is 25.0. The average Bonchev–Trinajstić information content (AvgIpc) is 3.07. The molecule has 0 amide bonds. The normalized spacial score (nSPS) is 20.9. The summed E-state index contributed by atoms with van der Waals surface area (Å²) in [5.74, 6) is 2.12. The van der Waals surface area contributed by atoms with E-state index in [4.69, 9.17) is 4.74 Å². The molecule has 0 saturated heterocycles. The second-order valence-corrected chi connectivity index (χ2v) is 13.1. The summed E-state index contributed by atoms with van der Waals surface area (Å²) in [5, 5.41) is 0. The van der Waals surface area contributed by atoms with Crippen LogP contribution in [0.4, 0.5) is 0 Å². The first-order valence-electron chi connectivity index (χ1n) is 16.6. The highest BCUT2D eigenvalue weighted by Gasteiger charge is 2.49. The minimum Gasteiger partial charge on any atom is -0.493 e. The van der Waals surface area contributed by atoms with Crippen LogP contribution in [-0.2, 0) is 0 Å². The monoisotopic (exact) mass is 558 g/mol. The van der Waals surface area contributed by atoms with Gasteiger partial charge in [-0.25, -0.2) is 0 Å². The summed E-state index contributed by atoms with van der Waals surface area (Å²) in [7, 11) is 0. The predicted molar refractivity (Wildman–Crippen MR) is 175 cm³/mol. The molecule has 1 heteroatoms. The second kappa shape index (κ2) is 9.98. The molecule has 4 bridgehead atoms. The number of hydrogen-bond donors (Lipinski definition) is 0. The Kier molecular flexibility index (Phi) is 5.90. The summed E-state index contributed by atoms with van der Waals surface area (Å²) >= 11 is 0. The van der Waals surface area contributed by atoms with E-state index in [1.165, 1.54) is 105 Å². The molecule has 0 radical (unpaired) electrons. The number of unbranched alkanes of at least 4 members (excludes halogenated alkanes) is 5. The molecule has 212 valence electrons. The van der Waals surface area contributed by atoms with Crippen molar-refractivity contribution >= 4 is 0 Å². The van der Waals surface area contributed by atoms with Gasteiger partial charge in [-0.3, -0.25) is 0 Å². The van der Waals surface area contributed by atoms with E-state index in [1.54, 1.807) is 0 Å². The van der Waals surface area contributed by atoms with Crippen molar-refractivity contribution in [1.29, 1.82) is 0 Å². The fourth-order valence-electron chi connectivity index (χ4n) is 9.12. The van der Waals surface area contributed by atoms with Crippen LogP contribution in [0.5, 0.6) is 5.75 Å². The van der Waals surface area contributed by atoms with E-state index in [1.807, 2.05) is 0 Å². The van der Waals surface area contributed by atoms with Gasteiger partial charge in [0.05, 0.1) is 6.61 Å². The van der Waals surface area contributed by atoms with E-state index in [-0.39, 0.29) is 23.7 Å². The lowest BCUT2D eigenvalue weighted by Crippen LogP contribution is -2.33. The fourth-order valence-corrected chi connectivity index (χ4v) is 9.12. The lowest BCUT2D eigenvalue weighted by Gasteiger charge is -2.48. The highest BCUT2D eigenvalue weighted by Crippen LogP contribution is 2.64. The van der Waals surface area contributed by atoms with Gasteiger partial charge in [-0.1, -0.05) is 142 Å². The molecule has 6 aliphatic carbocycles. The van der Waals surface area contributed by atoms with E-state index in [2.05, 4.69) is 110 Å². The van der Waals surface area contributed by atoms with Crippen molar-refractivity contribution in [3.63, 3.8) is 0 Å². The molecule has 0 aromatic heterocycles. The molecule has 1 nitrogen and oxygen atoms in total. The Morgan fingerprint density at radius 1 is 0.419 bits per heavy atom. The molecular weight excluding hydrogens is 520 g/mol. The molecule has 5 aromatic rings. The first-order chi connectivity index (χ1) is 21.4. The summed E-state index contributed by atoms with van der Waals surface area (Å²) in [4.78, 5) is 0. The minimum absolute atomic E-state index is 0.211. The van der Waals surface area contributed by atoms with Gasteiger partial charge in [-0.05, 0) is 62.1 Å². The third kappa shape index (κ3) is 3.57. The Hall–Kier alpha value is -4.10. The Bertz CT molecular complexity index is 1660. The first-order valence-corrected chi connectivity index (χ1v) is 16.6. The van der Waals surface area contributed by atoms with E-state index >= 15 is 0 Å². The molecular formula is C42H38O. The molecule has 5 aromatic carbocycles. The van der Waals surface area contributed by atoms with Gasteiger partial charge < -0.3 is 4.74 Å². The van der Waals surface area contributed by atoms with Gasteiger partial charge >= 0.3 is 0 Å². The summed E-state index contributed by atoms with van der Waals surface area (Å²) < 4.78 is 7.17. The third-order valence-electron chi connectivity index (χ3n) is 10.8. The van der Waals surface area contributed by atoms with Crippen molar-refractivity contribution in [2.45, 2.75) is 69.1 Å². The number of ether oxygens (including phenoxy) is 1. The average molecular weight is 559 g/mol. The van der Waals surface area contributed by atoms with Crippen LogP contribution >= 0.6 is 0 Å². The standard InChI is InChI=1S/C42H38O/c1-2-3-4-5-6-15-24-43-42-40-34(36-26-16-7-11-20-30(26)38(40)31-21-12-8-17-27(31)36)25-35-37-28-18-9-13-22-32(28)39(41(35)42)33-23-14-10-19-29(33)37/h7-14,16-23,25,36-39H,2-6,15,24H2,1H3. The minimum atomic E-state index is 0.211. The third-order valence-corrected chi connectivity index (χ3v) is 10.8. The van der Waals surface area contributed by atoms with Gasteiger partial charge in [0.2, 0.25) is 0 Å². The lowest BCUT2D eigenvalue weighted by atomic mass is 9.56. The largest absolute Gasteiger partial charge is 0.493 e. The summed E-state index contributed by atoms with van der Waals surface area (Å²) in [6, 6.07) is 39.4. The highest BCUT2D eigenvalue weighted by atomic mass is 16.5. The molecule has 0 fully saturated rings. The molecule has 0 aliphatic heterocycles. The van der Waals surface area contributed by atoms with Gasteiger partial charge in [-0.15, -0.1) is 0 Å². The highest BCUT2D eigenvalue weighted by molar-refractivity contribution is 5.78. The van der Waals surface area contributed by atoms with E-state index in [0.29, 0.717) is 0 Å². The zero-order chi connectivity index (χ0) is 28.5. The quantitative estimate of drug-likeness (QED) is 0.169. The van der Waals surface area contributed by atoms with Crippen molar-refractivity contribution in [2.24, 2.45) is 0 Å². The van der Waals surface area contributed by atoms with Gasteiger partial charge in [0.25, 0.3) is 0 Å². The second-order valence-electron chi connectivity index (χ2n) is 13.1.